The van der Waals surface area contributed by atoms with E-state index in [-0.39, 0.29) is 17.1 Å². The summed E-state index contributed by atoms with van der Waals surface area (Å²) >= 11 is 0. The van der Waals surface area contributed by atoms with Crippen molar-refractivity contribution >= 4 is 67.7 Å². The average Bonchev–Trinajstić information content (AvgIpc) is 3.75. The zero-order valence-electron chi connectivity index (χ0n) is 28.1. The van der Waals surface area contributed by atoms with E-state index in [9.17, 15) is 18.0 Å². The maximum absolute atomic E-state index is 14.0. The highest BCUT2D eigenvalue weighted by atomic mass is 19.4. The van der Waals surface area contributed by atoms with Crippen LogP contribution in [0.15, 0.2) is 30.9 Å². The van der Waals surface area contributed by atoms with Crippen LogP contribution in [0.5, 0.6) is 5.75 Å². The van der Waals surface area contributed by atoms with E-state index < -0.39 is 12.8 Å². The van der Waals surface area contributed by atoms with E-state index in [1.807, 2.05) is 30.0 Å². The maximum atomic E-state index is 14.0. The van der Waals surface area contributed by atoms with Crippen LogP contribution >= 0.6 is 0 Å². The zero-order valence-corrected chi connectivity index (χ0v) is 28.1. The molecule has 50 heavy (non-hydrogen) atoms. The Bertz CT molecular complexity index is 2240. The van der Waals surface area contributed by atoms with Gasteiger partial charge in [0.05, 0.1) is 5.52 Å². The molecule has 260 valence electrons. The van der Waals surface area contributed by atoms with Gasteiger partial charge in [-0.2, -0.15) is 23.3 Å². The molecule has 10 nitrogen and oxygen atoms in total. The van der Waals surface area contributed by atoms with Crippen LogP contribution < -0.4 is 19.8 Å². The summed E-state index contributed by atoms with van der Waals surface area (Å²) in [6.45, 7) is 15.0. The number of nitrogens with zero attached hydrogens (tertiary/aromatic N) is 7. The molecule has 6 heterocycles. The van der Waals surface area contributed by atoms with Crippen molar-refractivity contribution in [2.24, 2.45) is 5.41 Å². The standard InChI is InChI=1S/C37H39F3N8O2/c1-4-27(49)48-18-36(19-48)9-13-46(14-10-36)34-25-15-24-22(3)31-30-26(43-44-31)8-7-21(2)28(30)29(24)33(50-20-37(38,39)40)32(25)41-35(42-34)47-16-23(17-47)45-11-5-6-12-45/h4,7-8,15,23H,1,3,5-6,9-14,16-20H2,2H3,(H,43,44). The van der Waals surface area contributed by atoms with E-state index in [2.05, 4.69) is 38.1 Å². The average molecular weight is 685 g/mol. The molecule has 0 saturated carbocycles. The van der Waals surface area contributed by atoms with Crippen molar-refractivity contribution in [2.75, 3.05) is 68.8 Å². The summed E-state index contributed by atoms with van der Waals surface area (Å²) in [5.41, 5.74) is 2.74. The van der Waals surface area contributed by atoms with Gasteiger partial charge in [-0.15, -0.1) is 0 Å². The summed E-state index contributed by atoms with van der Waals surface area (Å²) in [7, 11) is 0. The molecule has 1 amide bonds. The molecule has 13 heteroatoms. The first kappa shape index (κ1) is 31.3. The Morgan fingerprint density at radius 3 is 2.46 bits per heavy atom. The Balaban J connectivity index is 1.22. The Morgan fingerprint density at radius 1 is 1.02 bits per heavy atom. The number of H-pyrrole nitrogens is 1. The number of nitrogens with one attached hydrogen (secondary N) is 1. The number of hydrogen-bond acceptors (Lipinski definition) is 8. The topological polar surface area (TPSA) is 93.7 Å². The zero-order chi connectivity index (χ0) is 34.5. The fourth-order valence-electron chi connectivity index (χ4n) is 8.77. The molecule has 4 saturated heterocycles. The van der Waals surface area contributed by atoms with Crippen molar-refractivity contribution in [2.45, 2.75) is 44.8 Å². The number of aromatic nitrogens is 4. The number of hydrogen-bond donors (Lipinski definition) is 1. The Labute approximate surface area is 286 Å². The lowest BCUT2D eigenvalue weighted by Crippen LogP contribution is -2.61. The first-order valence-electron chi connectivity index (χ1n) is 17.4. The molecule has 1 spiro atoms. The molecule has 4 fully saturated rings. The lowest BCUT2D eigenvalue weighted by molar-refractivity contribution is -0.153. The lowest BCUT2D eigenvalue weighted by Gasteiger charge is -2.54. The largest absolute Gasteiger partial charge is 0.481 e. The van der Waals surface area contributed by atoms with Crippen LogP contribution in [0.1, 0.15) is 31.2 Å². The predicted octanol–water partition coefficient (Wildman–Crippen LogP) is 5.09. The number of ether oxygens (including phenoxy) is 1. The first-order chi connectivity index (χ1) is 24.0. The highest BCUT2D eigenvalue weighted by molar-refractivity contribution is 6.26. The number of carbonyl (C=O) groups excluding carboxylic acids is 1. The second-order valence-corrected chi connectivity index (χ2v) is 14.7. The molecule has 0 radical (unpaired) electrons. The van der Waals surface area contributed by atoms with Gasteiger partial charge in [0.25, 0.3) is 0 Å². The van der Waals surface area contributed by atoms with E-state index >= 15 is 0 Å². The number of alkyl halides is 3. The van der Waals surface area contributed by atoms with Crippen LogP contribution in [0.4, 0.5) is 24.9 Å². The highest BCUT2D eigenvalue weighted by Crippen LogP contribution is 2.46. The minimum atomic E-state index is -4.56. The molecule has 0 unspecified atom stereocenters. The minimum absolute atomic E-state index is 0.0439. The van der Waals surface area contributed by atoms with Crippen molar-refractivity contribution in [3.8, 4) is 5.75 Å². The van der Waals surface area contributed by atoms with Crippen LogP contribution in [0.25, 0.3) is 50.1 Å². The van der Waals surface area contributed by atoms with Crippen LogP contribution in [0.2, 0.25) is 0 Å². The molecular formula is C37H39F3N8O2. The van der Waals surface area contributed by atoms with Gasteiger partial charge in [-0.25, -0.2) is 4.98 Å². The van der Waals surface area contributed by atoms with Crippen LogP contribution in [-0.4, -0.2) is 107 Å². The van der Waals surface area contributed by atoms with Crippen molar-refractivity contribution < 1.29 is 22.7 Å². The van der Waals surface area contributed by atoms with Gasteiger partial charge in [0.15, 0.2) is 12.4 Å². The second kappa shape index (κ2) is 11.2. The van der Waals surface area contributed by atoms with E-state index in [0.29, 0.717) is 76.4 Å². The third-order valence-corrected chi connectivity index (χ3v) is 11.6. The minimum Gasteiger partial charge on any atom is -0.481 e. The fraction of sp³-hybridized carbons (Fsp3) is 0.459. The number of anilines is 2. The Morgan fingerprint density at radius 2 is 1.76 bits per heavy atom. The van der Waals surface area contributed by atoms with Crippen LogP contribution in [-0.2, 0) is 4.79 Å². The normalized spacial score (nSPS) is 20.0. The third-order valence-electron chi connectivity index (χ3n) is 11.6. The van der Waals surface area contributed by atoms with Crippen molar-refractivity contribution in [3.63, 3.8) is 0 Å². The maximum Gasteiger partial charge on any atom is 0.422 e. The van der Waals surface area contributed by atoms with Crippen LogP contribution in [0, 0.1) is 12.3 Å². The van der Waals surface area contributed by atoms with E-state index in [0.717, 1.165) is 60.9 Å². The fourth-order valence-corrected chi connectivity index (χ4v) is 8.77. The number of carbonyl (C=O) groups is 1. The highest BCUT2D eigenvalue weighted by Gasteiger charge is 2.46. The van der Waals surface area contributed by atoms with Gasteiger partial charge in [0.1, 0.15) is 16.9 Å². The van der Waals surface area contributed by atoms with Gasteiger partial charge in [0, 0.05) is 77.5 Å². The van der Waals surface area contributed by atoms with Gasteiger partial charge in [-0.1, -0.05) is 19.2 Å². The molecule has 1 N–H and O–H groups in total. The van der Waals surface area contributed by atoms with E-state index in [1.54, 1.807) is 0 Å². The molecule has 0 atom stereocenters. The summed E-state index contributed by atoms with van der Waals surface area (Å²) in [6, 6.07) is 6.25. The third kappa shape index (κ3) is 4.87. The van der Waals surface area contributed by atoms with E-state index in [1.165, 1.54) is 18.9 Å². The van der Waals surface area contributed by atoms with Crippen molar-refractivity contribution in [3.05, 3.63) is 41.6 Å². The number of likely N-dealkylation sites (tertiary alicyclic amines) is 2. The molecular weight excluding hydrogens is 645 g/mol. The van der Waals surface area contributed by atoms with E-state index in [4.69, 9.17) is 14.7 Å². The number of piperidine rings is 1. The number of amides is 1. The summed E-state index contributed by atoms with van der Waals surface area (Å²) < 4.78 is 47.7. The number of rotatable bonds is 6. The van der Waals surface area contributed by atoms with Crippen molar-refractivity contribution in [1.82, 2.24) is 30.0 Å². The summed E-state index contributed by atoms with van der Waals surface area (Å²) in [5.74, 6) is 1.22. The first-order valence-corrected chi connectivity index (χ1v) is 17.4. The second-order valence-electron chi connectivity index (χ2n) is 14.7. The van der Waals surface area contributed by atoms with Gasteiger partial charge < -0.3 is 19.4 Å². The number of halogens is 3. The smallest absolute Gasteiger partial charge is 0.422 e. The van der Waals surface area contributed by atoms with Gasteiger partial charge in [-0.3, -0.25) is 14.8 Å². The Kier molecular flexibility index (Phi) is 7.01. The van der Waals surface area contributed by atoms with Gasteiger partial charge in [-0.05, 0) is 74.9 Å². The number of aromatic amines is 1. The van der Waals surface area contributed by atoms with Gasteiger partial charge >= 0.3 is 6.18 Å². The summed E-state index contributed by atoms with van der Waals surface area (Å²) in [5, 5.41) is 11.7. The predicted molar refractivity (Wildman–Crippen MR) is 189 cm³/mol. The molecule has 0 bridgehead atoms. The quantitative estimate of drug-likeness (QED) is 0.150. The molecule has 0 aliphatic carbocycles. The summed E-state index contributed by atoms with van der Waals surface area (Å²) in [4.78, 5) is 31.1. The number of aryl methyl sites for hydroxylation is 1. The molecule has 3 aromatic carbocycles. The molecule has 2 aromatic heterocycles. The van der Waals surface area contributed by atoms with Crippen molar-refractivity contribution in [1.29, 1.82) is 0 Å². The molecule has 5 aromatic rings. The SMILES string of the molecule is C=CC(=O)N1CC2(CCN(c3nc(N4CC(N5CCCC5)C4)nc4c(OCC(F)(F)F)c5c(cc34)c(=C)c3n[nH]c4ccc(C)c5c43)CC2)C1. The molecule has 4 aliphatic heterocycles. The van der Waals surface area contributed by atoms with Gasteiger partial charge in [0.2, 0.25) is 11.9 Å². The lowest BCUT2D eigenvalue weighted by atomic mass is 9.72. The number of fused-ring (bicyclic) bond motifs is 3. The molecule has 4 aliphatic rings. The Hall–Kier alpha value is -4.65. The summed E-state index contributed by atoms with van der Waals surface area (Å²) in [6.07, 6.45) is 0.923. The number of benzene rings is 3. The monoisotopic (exact) mass is 684 g/mol. The van der Waals surface area contributed by atoms with Crippen LogP contribution in [0.3, 0.4) is 0 Å². The molecule has 9 rings (SSSR count).